The van der Waals surface area contributed by atoms with E-state index in [1.807, 2.05) is 11.0 Å². The molecule has 8 nitrogen and oxygen atoms in total. The minimum absolute atomic E-state index is 0.0785. The van der Waals surface area contributed by atoms with Crippen molar-refractivity contribution in [2.24, 2.45) is 5.92 Å². The van der Waals surface area contributed by atoms with Gasteiger partial charge in [0.05, 0.1) is 25.1 Å². The third-order valence-electron chi connectivity index (χ3n) is 6.59. The topological polar surface area (TPSA) is 93.6 Å². The van der Waals surface area contributed by atoms with Gasteiger partial charge in [0.25, 0.3) is 5.56 Å². The van der Waals surface area contributed by atoms with Gasteiger partial charge in [0.2, 0.25) is 5.91 Å². The van der Waals surface area contributed by atoms with Crippen LogP contribution in [0.2, 0.25) is 0 Å². The number of benzene rings is 2. The van der Waals surface area contributed by atoms with Crippen molar-refractivity contribution in [2.75, 3.05) is 27.3 Å². The first-order valence-electron chi connectivity index (χ1n) is 11.7. The number of amides is 1. The summed E-state index contributed by atoms with van der Waals surface area (Å²) in [4.78, 5) is 42.8. The van der Waals surface area contributed by atoms with Crippen LogP contribution in [-0.2, 0) is 17.8 Å². The van der Waals surface area contributed by atoms with Crippen LogP contribution in [0.5, 0.6) is 11.5 Å². The zero-order valence-corrected chi connectivity index (χ0v) is 19.7. The van der Waals surface area contributed by atoms with Crippen LogP contribution >= 0.6 is 0 Å². The summed E-state index contributed by atoms with van der Waals surface area (Å²) >= 11 is 0. The standard InChI is InChI=1S/C26H31N3O5/c1-33-22-16-20-21(17-23(22)34-2)27-26(32)29(25(20)31)12-6-9-24(30)28-13-10-19(11-14-28)15-18-7-4-3-5-8-18/h3-5,7-8,16-17,19H,6,9-15H2,1-2H3,(H,27,32). The number of aromatic nitrogens is 2. The number of hydrogen-bond acceptors (Lipinski definition) is 5. The smallest absolute Gasteiger partial charge is 0.328 e. The molecule has 1 aromatic heterocycles. The van der Waals surface area contributed by atoms with Crippen LogP contribution in [0.4, 0.5) is 0 Å². The van der Waals surface area contributed by atoms with Crippen molar-refractivity contribution in [3.63, 3.8) is 0 Å². The van der Waals surface area contributed by atoms with E-state index >= 15 is 0 Å². The maximum absolute atomic E-state index is 12.9. The summed E-state index contributed by atoms with van der Waals surface area (Å²) in [5.41, 5.74) is 0.820. The Balaban J connectivity index is 1.34. The fourth-order valence-corrected chi connectivity index (χ4v) is 4.66. The van der Waals surface area contributed by atoms with E-state index < -0.39 is 11.2 Å². The molecule has 0 aliphatic carbocycles. The highest BCUT2D eigenvalue weighted by Gasteiger charge is 2.23. The minimum Gasteiger partial charge on any atom is -0.493 e. The zero-order valence-electron chi connectivity index (χ0n) is 19.7. The molecule has 1 saturated heterocycles. The summed E-state index contributed by atoms with van der Waals surface area (Å²) in [7, 11) is 2.98. The van der Waals surface area contributed by atoms with E-state index in [1.165, 1.54) is 19.8 Å². The average Bonchev–Trinajstić information content (AvgIpc) is 2.86. The second kappa shape index (κ2) is 10.6. The molecule has 0 bridgehead atoms. The first-order valence-corrected chi connectivity index (χ1v) is 11.7. The number of piperidine rings is 1. The lowest BCUT2D eigenvalue weighted by Crippen LogP contribution is -2.39. The Morgan fingerprint density at radius 1 is 1.03 bits per heavy atom. The number of carbonyl (C=O) groups excluding carboxylic acids is 1. The van der Waals surface area contributed by atoms with E-state index in [0.29, 0.717) is 41.2 Å². The monoisotopic (exact) mass is 465 g/mol. The number of methoxy groups -OCH3 is 2. The van der Waals surface area contributed by atoms with Crippen molar-refractivity contribution >= 4 is 16.8 Å². The van der Waals surface area contributed by atoms with Crippen molar-refractivity contribution in [1.29, 1.82) is 0 Å². The molecule has 1 fully saturated rings. The van der Waals surface area contributed by atoms with Crippen LogP contribution in [0.3, 0.4) is 0 Å². The molecule has 0 atom stereocenters. The summed E-state index contributed by atoms with van der Waals surface area (Å²) < 4.78 is 11.7. The van der Waals surface area contributed by atoms with Gasteiger partial charge in [-0.2, -0.15) is 0 Å². The number of ether oxygens (including phenoxy) is 2. The van der Waals surface area contributed by atoms with Gasteiger partial charge in [0.15, 0.2) is 11.5 Å². The highest BCUT2D eigenvalue weighted by Crippen LogP contribution is 2.29. The molecule has 180 valence electrons. The van der Waals surface area contributed by atoms with E-state index in [4.69, 9.17) is 9.47 Å². The molecule has 1 aliphatic rings. The molecule has 0 saturated carbocycles. The maximum atomic E-state index is 12.9. The van der Waals surface area contributed by atoms with Gasteiger partial charge in [-0.05, 0) is 43.2 Å². The van der Waals surface area contributed by atoms with E-state index in [1.54, 1.807) is 12.1 Å². The molecule has 0 radical (unpaired) electrons. The summed E-state index contributed by atoms with van der Waals surface area (Å²) in [6, 6.07) is 13.6. The molecular weight excluding hydrogens is 434 g/mol. The Kier molecular flexibility index (Phi) is 7.35. The Bertz CT molecular complexity index is 1260. The lowest BCUT2D eigenvalue weighted by Gasteiger charge is -2.32. The van der Waals surface area contributed by atoms with Crippen molar-refractivity contribution < 1.29 is 14.3 Å². The highest BCUT2D eigenvalue weighted by atomic mass is 16.5. The molecule has 1 amide bonds. The molecule has 1 N–H and O–H groups in total. The quantitative estimate of drug-likeness (QED) is 0.552. The molecule has 2 heterocycles. The molecule has 2 aromatic carbocycles. The first-order chi connectivity index (χ1) is 16.5. The van der Waals surface area contributed by atoms with Crippen molar-refractivity contribution in [2.45, 2.75) is 38.6 Å². The van der Waals surface area contributed by atoms with Crippen LogP contribution in [0.15, 0.2) is 52.1 Å². The van der Waals surface area contributed by atoms with Crippen LogP contribution in [0, 0.1) is 5.92 Å². The number of H-pyrrole nitrogens is 1. The number of aromatic amines is 1. The number of hydrogen-bond donors (Lipinski definition) is 1. The normalized spacial score (nSPS) is 14.4. The second-order valence-electron chi connectivity index (χ2n) is 8.76. The Labute approximate surface area is 198 Å². The van der Waals surface area contributed by atoms with E-state index in [-0.39, 0.29) is 12.5 Å². The third kappa shape index (κ3) is 5.16. The van der Waals surface area contributed by atoms with E-state index in [2.05, 4.69) is 29.2 Å². The van der Waals surface area contributed by atoms with Crippen LogP contribution < -0.4 is 20.7 Å². The van der Waals surface area contributed by atoms with Gasteiger partial charge in [-0.15, -0.1) is 0 Å². The van der Waals surface area contributed by atoms with Gasteiger partial charge in [0.1, 0.15) is 0 Å². The molecule has 8 heteroatoms. The van der Waals surface area contributed by atoms with E-state index in [9.17, 15) is 14.4 Å². The number of fused-ring (bicyclic) bond motifs is 1. The Morgan fingerprint density at radius 2 is 1.71 bits per heavy atom. The lowest BCUT2D eigenvalue weighted by molar-refractivity contribution is -0.132. The van der Waals surface area contributed by atoms with Crippen LogP contribution in [0.1, 0.15) is 31.2 Å². The number of carbonyl (C=O) groups is 1. The average molecular weight is 466 g/mol. The predicted octanol–water partition coefficient (Wildman–Crippen LogP) is 2.97. The summed E-state index contributed by atoms with van der Waals surface area (Å²) in [6.07, 6.45) is 3.77. The number of nitrogens with one attached hydrogen (secondary N) is 1. The largest absolute Gasteiger partial charge is 0.493 e. The predicted molar refractivity (Wildman–Crippen MR) is 131 cm³/mol. The van der Waals surface area contributed by atoms with Gasteiger partial charge >= 0.3 is 5.69 Å². The third-order valence-corrected chi connectivity index (χ3v) is 6.59. The van der Waals surface area contributed by atoms with Crippen molar-refractivity contribution in [3.05, 3.63) is 68.9 Å². The molecule has 1 aliphatic heterocycles. The molecular formula is C26H31N3O5. The number of rotatable bonds is 8. The number of likely N-dealkylation sites (tertiary alicyclic amines) is 1. The first kappa shape index (κ1) is 23.6. The summed E-state index contributed by atoms with van der Waals surface area (Å²) in [6.45, 7) is 1.69. The van der Waals surface area contributed by atoms with Gasteiger partial charge in [-0.1, -0.05) is 30.3 Å². The molecule has 34 heavy (non-hydrogen) atoms. The molecule has 0 spiro atoms. The van der Waals surface area contributed by atoms with Gasteiger partial charge in [-0.3, -0.25) is 14.2 Å². The summed E-state index contributed by atoms with van der Waals surface area (Å²) in [5, 5.41) is 0.337. The van der Waals surface area contributed by atoms with Crippen molar-refractivity contribution in [1.82, 2.24) is 14.5 Å². The Morgan fingerprint density at radius 3 is 2.38 bits per heavy atom. The fourth-order valence-electron chi connectivity index (χ4n) is 4.66. The van der Waals surface area contributed by atoms with Crippen LogP contribution in [0.25, 0.3) is 10.9 Å². The molecule has 0 unspecified atom stereocenters. The van der Waals surface area contributed by atoms with Gasteiger partial charge in [0, 0.05) is 32.1 Å². The van der Waals surface area contributed by atoms with Crippen molar-refractivity contribution in [3.8, 4) is 11.5 Å². The second-order valence-corrected chi connectivity index (χ2v) is 8.76. The minimum atomic E-state index is -0.501. The van der Waals surface area contributed by atoms with Gasteiger partial charge in [-0.25, -0.2) is 4.79 Å². The van der Waals surface area contributed by atoms with Gasteiger partial charge < -0.3 is 19.4 Å². The SMILES string of the molecule is COc1cc2[nH]c(=O)n(CCCC(=O)N3CCC(Cc4ccccc4)CC3)c(=O)c2cc1OC. The zero-order chi connectivity index (χ0) is 24.1. The molecule has 4 rings (SSSR count). The summed E-state index contributed by atoms with van der Waals surface area (Å²) in [5.74, 6) is 1.52. The fraction of sp³-hybridized carbons (Fsp3) is 0.423. The molecule has 3 aromatic rings. The lowest BCUT2D eigenvalue weighted by atomic mass is 9.90. The Hall–Kier alpha value is -3.55. The highest BCUT2D eigenvalue weighted by molar-refractivity contribution is 5.81. The number of nitrogens with zero attached hydrogens (tertiary/aromatic N) is 2. The van der Waals surface area contributed by atoms with E-state index in [0.717, 1.165) is 36.9 Å². The maximum Gasteiger partial charge on any atom is 0.328 e. The van der Waals surface area contributed by atoms with Crippen LogP contribution in [-0.4, -0.2) is 47.7 Å².